The molecular formula is C27H32N2O5. The third-order valence-corrected chi connectivity index (χ3v) is 6.97. The molecule has 180 valence electrons. The van der Waals surface area contributed by atoms with Gasteiger partial charge in [0.2, 0.25) is 5.91 Å². The Labute approximate surface area is 199 Å². The van der Waals surface area contributed by atoms with Crippen molar-refractivity contribution in [2.75, 3.05) is 6.61 Å². The molecule has 3 N–H and O–H groups in total. The predicted molar refractivity (Wildman–Crippen MR) is 128 cm³/mol. The zero-order valence-corrected chi connectivity index (χ0v) is 19.5. The Morgan fingerprint density at radius 2 is 1.68 bits per heavy atom. The number of hydrogen-bond acceptors (Lipinski definition) is 4. The number of nitrogens with one attached hydrogen (secondary N) is 2. The molecule has 0 radical (unpaired) electrons. The summed E-state index contributed by atoms with van der Waals surface area (Å²) in [5.41, 5.74) is 4.69. The molecule has 0 aromatic heterocycles. The van der Waals surface area contributed by atoms with Gasteiger partial charge in [0.15, 0.2) is 0 Å². The number of rotatable bonds is 8. The molecule has 2 aromatic rings. The number of carbonyl (C=O) groups excluding carboxylic acids is 2. The molecular weight excluding hydrogens is 432 g/mol. The topological polar surface area (TPSA) is 105 Å². The minimum atomic E-state index is -0.925. The highest BCUT2D eigenvalue weighted by molar-refractivity contribution is 5.80. The van der Waals surface area contributed by atoms with E-state index in [1.165, 1.54) is 11.1 Å². The lowest BCUT2D eigenvalue weighted by molar-refractivity contribution is -0.138. The fourth-order valence-electron chi connectivity index (χ4n) is 5.19. The second-order valence-corrected chi connectivity index (χ2v) is 9.24. The van der Waals surface area contributed by atoms with E-state index in [0.29, 0.717) is 12.8 Å². The van der Waals surface area contributed by atoms with Crippen LogP contribution in [-0.4, -0.2) is 41.8 Å². The Morgan fingerprint density at radius 1 is 1.03 bits per heavy atom. The monoisotopic (exact) mass is 464 g/mol. The van der Waals surface area contributed by atoms with E-state index in [2.05, 4.69) is 34.9 Å². The molecule has 1 fully saturated rings. The third-order valence-electron chi connectivity index (χ3n) is 6.97. The van der Waals surface area contributed by atoms with E-state index in [9.17, 15) is 14.4 Å². The third kappa shape index (κ3) is 5.41. The number of carboxylic acid groups (broad SMARTS) is 1. The summed E-state index contributed by atoms with van der Waals surface area (Å²) in [5, 5.41) is 14.8. The van der Waals surface area contributed by atoms with Gasteiger partial charge in [-0.25, -0.2) is 4.79 Å². The standard InChI is InChI=1S/C27H32N2O5/c1-2-18(15-25(30)31)28-26(32)17-8-7-9-19(14-17)29-27(33)34-16-24-22-12-5-3-10-20(22)21-11-4-6-13-23(21)24/h3-6,10-13,17-19,24H,2,7-9,14-16H2,1H3,(H,28,32)(H,29,33)(H,30,31)/t17?,18-,19?/m1/s1. The van der Waals surface area contributed by atoms with E-state index in [1.54, 1.807) is 0 Å². The van der Waals surface area contributed by atoms with Gasteiger partial charge in [-0.2, -0.15) is 0 Å². The minimum Gasteiger partial charge on any atom is -0.481 e. The van der Waals surface area contributed by atoms with Crippen LogP contribution in [0.3, 0.4) is 0 Å². The van der Waals surface area contributed by atoms with E-state index in [-0.39, 0.29) is 42.9 Å². The van der Waals surface area contributed by atoms with Crippen molar-refractivity contribution in [3.05, 3.63) is 59.7 Å². The molecule has 7 heteroatoms. The van der Waals surface area contributed by atoms with Gasteiger partial charge in [0.1, 0.15) is 6.61 Å². The van der Waals surface area contributed by atoms with Gasteiger partial charge in [0.25, 0.3) is 0 Å². The van der Waals surface area contributed by atoms with Crippen molar-refractivity contribution < 1.29 is 24.2 Å². The van der Waals surface area contributed by atoms with Crippen LogP contribution in [0.2, 0.25) is 0 Å². The number of benzene rings is 2. The summed E-state index contributed by atoms with van der Waals surface area (Å²) < 4.78 is 5.65. The Bertz CT molecular complexity index is 1010. The van der Waals surface area contributed by atoms with Crippen LogP contribution in [0, 0.1) is 5.92 Å². The van der Waals surface area contributed by atoms with Crippen molar-refractivity contribution in [3.63, 3.8) is 0 Å². The molecule has 4 rings (SSSR count). The fourth-order valence-corrected chi connectivity index (χ4v) is 5.19. The molecule has 0 bridgehead atoms. The first-order valence-electron chi connectivity index (χ1n) is 12.1. The molecule has 3 atom stereocenters. The van der Waals surface area contributed by atoms with Gasteiger partial charge in [0.05, 0.1) is 6.42 Å². The number of fused-ring (bicyclic) bond motifs is 3. The van der Waals surface area contributed by atoms with Crippen LogP contribution in [0.5, 0.6) is 0 Å². The first-order chi connectivity index (χ1) is 16.5. The highest BCUT2D eigenvalue weighted by atomic mass is 16.5. The van der Waals surface area contributed by atoms with Gasteiger partial charge in [-0.1, -0.05) is 61.9 Å². The molecule has 0 aliphatic heterocycles. The van der Waals surface area contributed by atoms with Crippen LogP contribution >= 0.6 is 0 Å². The average molecular weight is 465 g/mol. The number of amides is 2. The molecule has 34 heavy (non-hydrogen) atoms. The van der Waals surface area contributed by atoms with Gasteiger partial charge < -0.3 is 20.5 Å². The Morgan fingerprint density at radius 3 is 2.29 bits per heavy atom. The van der Waals surface area contributed by atoms with Crippen LogP contribution < -0.4 is 10.6 Å². The quantitative estimate of drug-likeness (QED) is 0.535. The van der Waals surface area contributed by atoms with Crippen LogP contribution in [0.4, 0.5) is 4.79 Å². The first kappa shape index (κ1) is 23.8. The van der Waals surface area contributed by atoms with Crippen molar-refractivity contribution in [1.82, 2.24) is 10.6 Å². The first-order valence-corrected chi connectivity index (χ1v) is 12.1. The van der Waals surface area contributed by atoms with Crippen molar-refractivity contribution in [1.29, 1.82) is 0 Å². The summed E-state index contributed by atoms with van der Waals surface area (Å²) in [7, 11) is 0. The summed E-state index contributed by atoms with van der Waals surface area (Å²) in [6.07, 6.45) is 2.88. The number of alkyl carbamates (subject to hydrolysis) is 1. The second-order valence-electron chi connectivity index (χ2n) is 9.24. The minimum absolute atomic E-state index is 0.00300. The summed E-state index contributed by atoms with van der Waals surface area (Å²) in [6.45, 7) is 2.11. The largest absolute Gasteiger partial charge is 0.481 e. The molecule has 2 aromatic carbocycles. The molecule has 2 aliphatic carbocycles. The summed E-state index contributed by atoms with van der Waals surface area (Å²) in [6, 6.07) is 15.9. The van der Waals surface area contributed by atoms with Gasteiger partial charge in [-0.3, -0.25) is 9.59 Å². The van der Waals surface area contributed by atoms with Gasteiger partial charge in [-0.05, 0) is 47.9 Å². The van der Waals surface area contributed by atoms with Crippen molar-refractivity contribution in [2.45, 2.75) is 63.5 Å². The molecule has 0 saturated heterocycles. The lowest BCUT2D eigenvalue weighted by Gasteiger charge is -2.30. The van der Waals surface area contributed by atoms with Crippen LogP contribution in [0.25, 0.3) is 11.1 Å². The molecule has 2 aliphatic rings. The maximum absolute atomic E-state index is 12.7. The zero-order valence-electron chi connectivity index (χ0n) is 19.5. The van der Waals surface area contributed by atoms with Gasteiger partial charge in [0, 0.05) is 23.9 Å². The summed E-state index contributed by atoms with van der Waals surface area (Å²) in [5.74, 6) is -1.29. The normalized spacial score (nSPS) is 20.0. The van der Waals surface area contributed by atoms with Crippen LogP contribution in [-0.2, 0) is 14.3 Å². The lowest BCUT2D eigenvalue weighted by atomic mass is 9.85. The van der Waals surface area contributed by atoms with Gasteiger partial charge in [-0.15, -0.1) is 0 Å². The number of hydrogen-bond donors (Lipinski definition) is 3. The number of carbonyl (C=O) groups is 3. The van der Waals surface area contributed by atoms with E-state index in [1.807, 2.05) is 31.2 Å². The average Bonchev–Trinajstić information content (AvgIpc) is 3.16. The SMILES string of the molecule is CC[C@H](CC(=O)O)NC(=O)C1CCCC(NC(=O)OCC2c3ccccc3-c3ccccc32)C1. The maximum Gasteiger partial charge on any atom is 0.407 e. The molecule has 7 nitrogen and oxygen atoms in total. The highest BCUT2D eigenvalue weighted by Crippen LogP contribution is 2.44. The molecule has 2 amide bonds. The van der Waals surface area contributed by atoms with Crippen LogP contribution in [0.1, 0.15) is 62.5 Å². The smallest absolute Gasteiger partial charge is 0.407 e. The summed E-state index contributed by atoms with van der Waals surface area (Å²) in [4.78, 5) is 36.3. The Balaban J connectivity index is 1.31. The van der Waals surface area contributed by atoms with E-state index < -0.39 is 12.1 Å². The fraction of sp³-hybridized carbons (Fsp3) is 0.444. The molecule has 0 heterocycles. The second kappa shape index (κ2) is 10.7. The van der Waals surface area contributed by atoms with Crippen molar-refractivity contribution in [2.24, 2.45) is 5.92 Å². The highest BCUT2D eigenvalue weighted by Gasteiger charge is 2.31. The van der Waals surface area contributed by atoms with E-state index >= 15 is 0 Å². The van der Waals surface area contributed by atoms with Crippen molar-refractivity contribution in [3.8, 4) is 11.1 Å². The molecule has 1 saturated carbocycles. The summed E-state index contributed by atoms with van der Waals surface area (Å²) >= 11 is 0. The van der Waals surface area contributed by atoms with Crippen molar-refractivity contribution >= 4 is 18.0 Å². The Kier molecular flexibility index (Phi) is 7.50. The zero-order chi connectivity index (χ0) is 24.1. The Hall–Kier alpha value is -3.35. The molecule has 2 unspecified atom stereocenters. The number of ether oxygens (including phenoxy) is 1. The lowest BCUT2D eigenvalue weighted by Crippen LogP contribution is -2.45. The van der Waals surface area contributed by atoms with E-state index in [0.717, 1.165) is 30.4 Å². The predicted octanol–water partition coefficient (Wildman–Crippen LogP) is 4.45. The van der Waals surface area contributed by atoms with E-state index in [4.69, 9.17) is 9.84 Å². The number of aliphatic carboxylic acids is 1. The van der Waals surface area contributed by atoms with Crippen LogP contribution in [0.15, 0.2) is 48.5 Å². The van der Waals surface area contributed by atoms with Gasteiger partial charge >= 0.3 is 12.1 Å². The number of carboxylic acids is 1. The maximum atomic E-state index is 12.7. The molecule has 0 spiro atoms.